The SMILES string of the molecule is CC(Cl)C(=O)N(C)Cc1ccccc1. The van der Waals surface area contributed by atoms with Crippen LogP contribution in [0.1, 0.15) is 12.5 Å². The van der Waals surface area contributed by atoms with Gasteiger partial charge in [-0.1, -0.05) is 30.3 Å². The van der Waals surface area contributed by atoms with Gasteiger partial charge in [-0.25, -0.2) is 0 Å². The second-order valence-electron chi connectivity index (χ2n) is 3.30. The maximum absolute atomic E-state index is 11.4. The molecule has 1 aromatic rings. The van der Waals surface area contributed by atoms with Gasteiger partial charge in [0.05, 0.1) is 0 Å². The van der Waals surface area contributed by atoms with Gasteiger partial charge in [-0.3, -0.25) is 4.79 Å². The maximum atomic E-state index is 11.4. The van der Waals surface area contributed by atoms with Gasteiger partial charge in [0.25, 0.3) is 0 Å². The Morgan fingerprint density at radius 3 is 2.50 bits per heavy atom. The predicted octanol–water partition coefficient (Wildman–Crippen LogP) is 2.27. The first-order valence-electron chi connectivity index (χ1n) is 4.54. The summed E-state index contributed by atoms with van der Waals surface area (Å²) in [7, 11) is 1.76. The van der Waals surface area contributed by atoms with Crippen molar-refractivity contribution in [3.8, 4) is 0 Å². The quantitative estimate of drug-likeness (QED) is 0.703. The molecule has 0 bridgehead atoms. The van der Waals surface area contributed by atoms with Crippen molar-refractivity contribution >= 4 is 17.5 Å². The maximum Gasteiger partial charge on any atom is 0.240 e. The topological polar surface area (TPSA) is 20.3 Å². The monoisotopic (exact) mass is 211 g/mol. The molecule has 3 heteroatoms. The number of hydrogen-bond acceptors (Lipinski definition) is 1. The second-order valence-corrected chi connectivity index (χ2v) is 3.95. The number of halogens is 1. The van der Waals surface area contributed by atoms with Crippen molar-refractivity contribution in [3.05, 3.63) is 35.9 Å². The first-order chi connectivity index (χ1) is 6.61. The molecule has 0 heterocycles. The average Bonchev–Trinajstić information content (AvgIpc) is 2.18. The van der Waals surface area contributed by atoms with Crippen molar-refractivity contribution in [2.45, 2.75) is 18.8 Å². The van der Waals surface area contributed by atoms with Gasteiger partial charge in [0, 0.05) is 13.6 Å². The van der Waals surface area contributed by atoms with Crippen LogP contribution in [0.3, 0.4) is 0 Å². The Hall–Kier alpha value is -1.02. The number of nitrogens with zero attached hydrogens (tertiary/aromatic N) is 1. The van der Waals surface area contributed by atoms with Crippen molar-refractivity contribution < 1.29 is 4.79 Å². The number of alkyl halides is 1. The minimum Gasteiger partial charge on any atom is -0.340 e. The molecule has 0 aliphatic rings. The number of carbonyl (C=O) groups is 1. The van der Waals surface area contributed by atoms with E-state index in [1.807, 2.05) is 30.3 Å². The molecule has 0 spiro atoms. The fourth-order valence-corrected chi connectivity index (χ4v) is 1.41. The van der Waals surface area contributed by atoms with E-state index >= 15 is 0 Å². The first kappa shape index (κ1) is 11.1. The van der Waals surface area contributed by atoms with Gasteiger partial charge >= 0.3 is 0 Å². The lowest BCUT2D eigenvalue weighted by Crippen LogP contribution is -2.31. The number of rotatable bonds is 3. The number of benzene rings is 1. The summed E-state index contributed by atoms with van der Waals surface area (Å²) >= 11 is 5.70. The van der Waals surface area contributed by atoms with E-state index in [1.54, 1.807) is 18.9 Å². The van der Waals surface area contributed by atoms with E-state index in [1.165, 1.54) is 0 Å². The van der Waals surface area contributed by atoms with Crippen LogP contribution >= 0.6 is 11.6 Å². The van der Waals surface area contributed by atoms with Crippen molar-refractivity contribution in [1.82, 2.24) is 4.90 Å². The van der Waals surface area contributed by atoms with E-state index < -0.39 is 5.38 Å². The highest BCUT2D eigenvalue weighted by Crippen LogP contribution is 2.06. The highest BCUT2D eigenvalue weighted by atomic mass is 35.5. The Labute approximate surface area is 89.5 Å². The third kappa shape index (κ3) is 3.04. The standard InChI is InChI=1S/C11H14ClNO/c1-9(12)11(14)13(2)8-10-6-4-3-5-7-10/h3-7,9H,8H2,1-2H3. The third-order valence-corrected chi connectivity index (χ3v) is 2.17. The summed E-state index contributed by atoms with van der Waals surface area (Å²) in [5, 5.41) is -0.455. The molecule has 0 fully saturated rings. The highest BCUT2D eigenvalue weighted by molar-refractivity contribution is 6.30. The number of carbonyl (C=O) groups excluding carboxylic acids is 1. The summed E-state index contributed by atoms with van der Waals surface area (Å²) < 4.78 is 0. The number of hydrogen-bond donors (Lipinski definition) is 0. The van der Waals surface area contributed by atoms with Crippen LogP contribution in [0.4, 0.5) is 0 Å². The lowest BCUT2D eigenvalue weighted by Gasteiger charge is -2.18. The van der Waals surface area contributed by atoms with Crippen LogP contribution in [0.15, 0.2) is 30.3 Å². The zero-order valence-electron chi connectivity index (χ0n) is 8.40. The van der Waals surface area contributed by atoms with Crippen molar-refractivity contribution in [2.24, 2.45) is 0 Å². The zero-order valence-corrected chi connectivity index (χ0v) is 9.16. The van der Waals surface area contributed by atoms with E-state index in [4.69, 9.17) is 11.6 Å². The Morgan fingerprint density at radius 1 is 1.43 bits per heavy atom. The summed E-state index contributed by atoms with van der Waals surface area (Å²) in [5.41, 5.74) is 1.11. The minimum absolute atomic E-state index is 0.0458. The largest absolute Gasteiger partial charge is 0.340 e. The van der Waals surface area contributed by atoms with Gasteiger partial charge in [0.2, 0.25) is 5.91 Å². The molecule has 1 aromatic carbocycles. The average molecular weight is 212 g/mol. The van der Waals surface area contributed by atoms with Gasteiger partial charge in [-0.05, 0) is 12.5 Å². The molecule has 1 atom stereocenters. The molecule has 0 N–H and O–H groups in total. The van der Waals surface area contributed by atoms with E-state index in [-0.39, 0.29) is 5.91 Å². The number of amides is 1. The van der Waals surface area contributed by atoms with Crippen LogP contribution in [0, 0.1) is 0 Å². The first-order valence-corrected chi connectivity index (χ1v) is 4.98. The second kappa shape index (κ2) is 5.01. The summed E-state index contributed by atoms with van der Waals surface area (Å²) in [6.45, 7) is 2.29. The lowest BCUT2D eigenvalue weighted by molar-refractivity contribution is -0.129. The summed E-state index contributed by atoms with van der Waals surface area (Å²) in [5.74, 6) is -0.0458. The Kier molecular flexibility index (Phi) is 3.96. The molecule has 1 rings (SSSR count). The van der Waals surface area contributed by atoms with Gasteiger partial charge < -0.3 is 4.90 Å². The fraction of sp³-hybridized carbons (Fsp3) is 0.364. The van der Waals surface area contributed by atoms with Gasteiger partial charge in [-0.15, -0.1) is 11.6 Å². The molecule has 0 radical (unpaired) electrons. The Balaban J connectivity index is 2.57. The molecule has 0 aliphatic heterocycles. The zero-order chi connectivity index (χ0) is 10.6. The molecule has 1 amide bonds. The fourth-order valence-electron chi connectivity index (χ4n) is 1.24. The molecule has 1 unspecified atom stereocenters. The summed E-state index contributed by atoms with van der Waals surface area (Å²) in [4.78, 5) is 13.1. The molecule has 76 valence electrons. The Morgan fingerprint density at radius 2 is 2.00 bits per heavy atom. The smallest absolute Gasteiger partial charge is 0.240 e. The molecule has 0 saturated heterocycles. The van der Waals surface area contributed by atoms with Crippen molar-refractivity contribution in [1.29, 1.82) is 0 Å². The summed E-state index contributed by atoms with van der Waals surface area (Å²) in [6, 6.07) is 9.84. The van der Waals surface area contributed by atoms with Crippen LogP contribution in [0.25, 0.3) is 0 Å². The molecule has 0 aromatic heterocycles. The van der Waals surface area contributed by atoms with Gasteiger partial charge in [0.1, 0.15) is 5.38 Å². The molecule has 2 nitrogen and oxygen atoms in total. The van der Waals surface area contributed by atoms with E-state index in [0.717, 1.165) is 5.56 Å². The molecular weight excluding hydrogens is 198 g/mol. The third-order valence-electron chi connectivity index (χ3n) is 1.98. The van der Waals surface area contributed by atoms with Crippen LogP contribution < -0.4 is 0 Å². The van der Waals surface area contributed by atoms with Crippen molar-refractivity contribution in [2.75, 3.05) is 7.05 Å². The Bertz CT molecular complexity index is 297. The van der Waals surface area contributed by atoms with Crippen LogP contribution in [-0.2, 0) is 11.3 Å². The minimum atomic E-state index is -0.455. The van der Waals surface area contributed by atoms with Crippen molar-refractivity contribution in [3.63, 3.8) is 0 Å². The lowest BCUT2D eigenvalue weighted by atomic mass is 10.2. The molecule has 14 heavy (non-hydrogen) atoms. The molecule has 0 aliphatic carbocycles. The molecular formula is C11H14ClNO. The van der Waals surface area contributed by atoms with Crippen LogP contribution in [-0.4, -0.2) is 23.2 Å². The highest BCUT2D eigenvalue weighted by Gasteiger charge is 2.14. The van der Waals surface area contributed by atoms with Crippen LogP contribution in [0.5, 0.6) is 0 Å². The molecule has 0 saturated carbocycles. The van der Waals surface area contributed by atoms with Gasteiger partial charge in [0.15, 0.2) is 0 Å². The van der Waals surface area contributed by atoms with Gasteiger partial charge in [-0.2, -0.15) is 0 Å². The van der Waals surface area contributed by atoms with E-state index in [0.29, 0.717) is 6.54 Å². The normalized spacial score (nSPS) is 12.2. The van der Waals surface area contributed by atoms with E-state index in [2.05, 4.69) is 0 Å². The van der Waals surface area contributed by atoms with Crippen LogP contribution in [0.2, 0.25) is 0 Å². The van der Waals surface area contributed by atoms with E-state index in [9.17, 15) is 4.79 Å². The summed E-state index contributed by atoms with van der Waals surface area (Å²) in [6.07, 6.45) is 0. The predicted molar refractivity (Wildman–Crippen MR) is 58.2 cm³/mol.